The van der Waals surface area contributed by atoms with Gasteiger partial charge in [-0.1, -0.05) is 31.0 Å². The molecule has 1 saturated carbocycles. The van der Waals surface area contributed by atoms with Crippen molar-refractivity contribution in [1.82, 2.24) is 15.2 Å². The second-order valence-corrected chi connectivity index (χ2v) is 12.7. The number of aromatic nitrogens is 1. The molecule has 218 valence electrons. The molecule has 43 heavy (non-hydrogen) atoms. The smallest absolute Gasteiger partial charge is 0.243 e. The van der Waals surface area contributed by atoms with Crippen LogP contribution in [0.5, 0.6) is 0 Å². The Morgan fingerprint density at radius 1 is 0.930 bits per heavy atom. The fourth-order valence-corrected chi connectivity index (χ4v) is 8.12. The minimum absolute atomic E-state index is 0.0147. The van der Waals surface area contributed by atoms with Crippen molar-refractivity contribution < 1.29 is 18.4 Å². The molecule has 4 aliphatic rings. The van der Waals surface area contributed by atoms with E-state index >= 15 is 0 Å². The van der Waals surface area contributed by atoms with E-state index in [1.807, 2.05) is 29.2 Å². The Hall–Kier alpha value is -4.17. The third-order valence-corrected chi connectivity index (χ3v) is 10.2. The highest BCUT2D eigenvalue weighted by molar-refractivity contribution is 6.07. The second kappa shape index (κ2) is 9.67. The van der Waals surface area contributed by atoms with Crippen LogP contribution in [-0.4, -0.2) is 33.8 Å². The largest absolute Gasteiger partial charge is 0.330 e. The summed E-state index contributed by atoms with van der Waals surface area (Å²) in [7, 11) is 0. The average Bonchev–Trinajstić information content (AvgIpc) is 3.66. The van der Waals surface area contributed by atoms with E-state index in [-0.39, 0.29) is 18.4 Å². The summed E-state index contributed by atoms with van der Waals surface area (Å²) in [5, 5.41) is 7.54. The van der Waals surface area contributed by atoms with Gasteiger partial charge in [0.2, 0.25) is 11.8 Å². The van der Waals surface area contributed by atoms with Crippen molar-refractivity contribution >= 4 is 28.4 Å². The fraction of sp³-hybridized carbons (Fsp3) is 0.343. The standard InChI is InChI=1S/C35H32F2N4O2/c36-26-13-23(14-27(37)16-26)31-7-10-39-35(8-3-4-9-35)33(43)41(31)20-21-11-22-12-24-17-34(18-25(24)15-30(22)38-19-21)28-5-1-2-6-29(28)40-32(34)42/h1-2,5-6,11-16,19,31,39H,3-4,7-10,17-18,20H2,(H,40,42)/t31-,34-/m0/s1. The van der Waals surface area contributed by atoms with Crippen molar-refractivity contribution in [3.63, 3.8) is 0 Å². The number of halogens is 2. The van der Waals surface area contributed by atoms with Crippen molar-refractivity contribution in [2.45, 2.75) is 68.5 Å². The lowest BCUT2D eigenvalue weighted by atomic mass is 9.79. The van der Waals surface area contributed by atoms with E-state index in [4.69, 9.17) is 4.98 Å². The van der Waals surface area contributed by atoms with Gasteiger partial charge < -0.3 is 15.5 Å². The van der Waals surface area contributed by atoms with Crippen LogP contribution in [0.15, 0.2) is 66.9 Å². The minimum atomic E-state index is -0.646. The van der Waals surface area contributed by atoms with Crippen LogP contribution in [0, 0.1) is 11.6 Å². The predicted octanol–water partition coefficient (Wildman–Crippen LogP) is 5.88. The van der Waals surface area contributed by atoms with Crippen molar-refractivity contribution in [1.29, 1.82) is 0 Å². The monoisotopic (exact) mass is 578 g/mol. The number of nitrogens with zero attached hydrogens (tertiary/aromatic N) is 2. The number of hydrogen-bond acceptors (Lipinski definition) is 4. The van der Waals surface area contributed by atoms with Gasteiger partial charge in [0.15, 0.2) is 0 Å². The van der Waals surface area contributed by atoms with E-state index in [0.29, 0.717) is 31.4 Å². The van der Waals surface area contributed by atoms with Crippen LogP contribution in [0.1, 0.15) is 66.0 Å². The van der Waals surface area contributed by atoms with E-state index < -0.39 is 28.6 Å². The number of hydrogen-bond donors (Lipinski definition) is 2. The molecule has 0 bridgehead atoms. The molecule has 1 aromatic heterocycles. The summed E-state index contributed by atoms with van der Waals surface area (Å²) in [6.07, 6.45) is 7.06. The van der Waals surface area contributed by atoms with Gasteiger partial charge in [0.05, 0.1) is 22.5 Å². The van der Waals surface area contributed by atoms with Gasteiger partial charge in [-0.25, -0.2) is 8.78 Å². The third-order valence-electron chi connectivity index (χ3n) is 10.2. The number of anilines is 1. The Labute approximate surface area is 248 Å². The van der Waals surface area contributed by atoms with Crippen LogP contribution in [-0.2, 0) is 34.4 Å². The van der Waals surface area contributed by atoms with Crippen LogP contribution >= 0.6 is 0 Å². The van der Waals surface area contributed by atoms with Gasteiger partial charge in [0.1, 0.15) is 11.6 Å². The number of benzene rings is 3. The van der Waals surface area contributed by atoms with Crippen molar-refractivity contribution in [3.05, 3.63) is 106 Å². The molecule has 0 radical (unpaired) electrons. The molecule has 1 saturated heterocycles. The summed E-state index contributed by atoms with van der Waals surface area (Å²) in [6.45, 7) is 0.871. The van der Waals surface area contributed by atoms with E-state index in [0.717, 1.165) is 70.6 Å². The third kappa shape index (κ3) is 4.18. The number of pyridine rings is 1. The van der Waals surface area contributed by atoms with Crippen molar-refractivity contribution in [3.8, 4) is 0 Å². The quantitative estimate of drug-likeness (QED) is 0.319. The first-order valence-electron chi connectivity index (χ1n) is 15.2. The molecule has 6 nitrogen and oxygen atoms in total. The van der Waals surface area contributed by atoms with Crippen LogP contribution < -0.4 is 10.6 Å². The Balaban J connectivity index is 1.15. The summed E-state index contributed by atoms with van der Waals surface area (Å²) in [5.41, 5.74) is 5.11. The van der Waals surface area contributed by atoms with E-state index in [1.165, 1.54) is 12.1 Å². The van der Waals surface area contributed by atoms with Gasteiger partial charge in [0, 0.05) is 29.9 Å². The Bertz CT molecular complexity index is 1800. The molecule has 2 fully saturated rings. The van der Waals surface area contributed by atoms with Crippen LogP contribution in [0.25, 0.3) is 10.9 Å². The SMILES string of the molecule is O=C1N(Cc2cnc3cc4c(cc3c2)C[C@@]2(C4)C(=O)Nc3ccccc32)[C@H](c2cc(F)cc(F)c2)CCNC12CCCC2. The summed E-state index contributed by atoms with van der Waals surface area (Å²) < 4.78 is 28.7. The Morgan fingerprint density at radius 2 is 1.67 bits per heavy atom. The number of rotatable bonds is 3. The molecule has 4 aromatic rings. The van der Waals surface area contributed by atoms with Gasteiger partial charge in [-0.05, 0) is 103 Å². The fourth-order valence-electron chi connectivity index (χ4n) is 8.12. The Morgan fingerprint density at radius 3 is 2.47 bits per heavy atom. The molecule has 2 atom stereocenters. The number of fused-ring (bicyclic) bond motifs is 4. The summed E-state index contributed by atoms with van der Waals surface area (Å²) in [5.74, 6) is -1.27. The maximum Gasteiger partial charge on any atom is 0.243 e. The zero-order valence-electron chi connectivity index (χ0n) is 23.8. The highest BCUT2D eigenvalue weighted by Gasteiger charge is 2.50. The molecule has 2 aliphatic carbocycles. The zero-order chi connectivity index (χ0) is 29.3. The van der Waals surface area contributed by atoms with Gasteiger partial charge >= 0.3 is 0 Å². The van der Waals surface area contributed by atoms with Gasteiger partial charge in [-0.2, -0.15) is 0 Å². The second-order valence-electron chi connectivity index (χ2n) is 12.7. The van der Waals surface area contributed by atoms with Crippen molar-refractivity contribution in [2.24, 2.45) is 0 Å². The lowest BCUT2D eigenvalue weighted by molar-refractivity contribution is -0.140. The maximum atomic E-state index is 14.3. The number of carbonyl (C=O) groups is 2. The van der Waals surface area contributed by atoms with Crippen LogP contribution in [0.3, 0.4) is 0 Å². The first-order valence-corrected chi connectivity index (χ1v) is 15.2. The number of carbonyl (C=O) groups excluding carboxylic acids is 2. The molecule has 8 heteroatoms. The molecule has 2 aliphatic heterocycles. The molecule has 3 aromatic carbocycles. The minimum Gasteiger partial charge on any atom is -0.330 e. The highest BCUT2D eigenvalue weighted by atomic mass is 19.1. The highest BCUT2D eigenvalue weighted by Crippen LogP contribution is 2.48. The molecule has 2 spiro atoms. The normalized spacial score (nSPS) is 24.0. The van der Waals surface area contributed by atoms with E-state index in [2.05, 4.69) is 28.8 Å². The first kappa shape index (κ1) is 26.5. The molecule has 2 N–H and O–H groups in total. The number of para-hydroxylation sites is 1. The maximum absolute atomic E-state index is 14.3. The van der Waals surface area contributed by atoms with E-state index in [9.17, 15) is 18.4 Å². The molecule has 8 rings (SSSR count). The zero-order valence-corrected chi connectivity index (χ0v) is 23.8. The molecular weight excluding hydrogens is 546 g/mol. The van der Waals surface area contributed by atoms with Gasteiger partial charge in [-0.3, -0.25) is 14.6 Å². The first-order chi connectivity index (χ1) is 20.8. The van der Waals surface area contributed by atoms with Crippen LogP contribution in [0.2, 0.25) is 0 Å². The van der Waals surface area contributed by atoms with Crippen molar-refractivity contribution in [2.75, 3.05) is 11.9 Å². The van der Waals surface area contributed by atoms with Gasteiger partial charge in [-0.15, -0.1) is 0 Å². The predicted molar refractivity (Wildman–Crippen MR) is 159 cm³/mol. The molecular formula is C35H32F2N4O2. The number of nitrogens with one attached hydrogen (secondary N) is 2. The summed E-state index contributed by atoms with van der Waals surface area (Å²) in [6, 6.07) is 17.3. The van der Waals surface area contributed by atoms with Crippen LogP contribution in [0.4, 0.5) is 14.5 Å². The Kier molecular flexibility index (Phi) is 5.95. The molecule has 0 unspecified atom stereocenters. The summed E-state index contributed by atoms with van der Waals surface area (Å²) in [4.78, 5) is 34.1. The lowest BCUT2D eigenvalue weighted by Crippen LogP contribution is -2.54. The summed E-state index contributed by atoms with van der Waals surface area (Å²) >= 11 is 0. The molecule has 3 heterocycles. The van der Waals surface area contributed by atoms with E-state index in [1.54, 1.807) is 6.20 Å². The average molecular weight is 579 g/mol. The number of amides is 2. The molecule has 2 amide bonds. The van der Waals surface area contributed by atoms with Gasteiger partial charge in [0.25, 0.3) is 0 Å². The lowest BCUT2D eigenvalue weighted by Gasteiger charge is -2.36. The topological polar surface area (TPSA) is 74.3 Å².